The van der Waals surface area contributed by atoms with Gasteiger partial charge in [0, 0.05) is 24.3 Å². The maximum absolute atomic E-state index is 12.8. The van der Waals surface area contributed by atoms with Gasteiger partial charge in [-0.1, -0.05) is 13.8 Å². The fourth-order valence-electron chi connectivity index (χ4n) is 3.42. The number of ether oxygens (including phenoxy) is 2. The lowest BCUT2D eigenvalue weighted by Gasteiger charge is -2.26. The molecule has 1 heterocycles. The van der Waals surface area contributed by atoms with E-state index >= 15 is 0 Å². The van der Waals surface area contributed by atoms with E-state index in [9.17, 15) is 13.2 Å². The van der Waals surface area contributed by atoms with Crippen LogP contribution in [0.5, 0.6) is 5.75 Å². The molecule has 1 N–H and O–H groups in total. The highest BCUT2D eigenvalue weighted by Gasteiger charge is 2.26. The number of anilines is 1. The summed E-state index contributed by atoms with van der Waals surface area (Å²) >= 11 is 0. The minimum absolute atomic E-state index is 0.199. The number of sulfonamides is 1. The van der Waals surface area contributed by atoms with Gasteiger partial charge in [0.2, 0.25) is 10.0 Å². The van der Waals surface area contributed by atoms with Crippen molar-refractivity contribution in [1.29, 1.82) is 0 Å². The first-order valence-corrected chi connectivity index (χ1v) is 11.4. The van der Waals surface area contributed by atoms with Crippen molar-refractivity contribution < 1.29 is 22.7 Å². The standard InChI is InChI=1S/C22H28N2O5S/c1-15(2)19-14-20(16(3)13-21(19)28-4)22(25)23-17-5-7-18(8-6-17)30(26,27)24-9-11-29-12-10-24/h5-8,13-15H,9-12H2,1-4H3,(H,23,25). The van der Waals surface area contributed by atoms with Crippen molar-refractivity contribution in [1.82, 2.24) is 4.31 Å². The number of rotatable bonds is 6. The Labute approximate surface area is 178 Å². The molecule has 0 atom stereocenters. The average Bonchev–Trinajstić information content (AvgIpc) is 2.74. The third-order valence-corrected chi connectivity index (χ3v) is 7.08. The Bertz CT molecular complexity index is 1010. The Morgan fingerprint density at radius 2 is 1.77 bits per heavy atom. The second-order valence-corrected chi connectivity index (χ2v) is 9.50. The molecule has 0 aromatic heterocycles. The summed E-state index contributed by atoms with van der Waals surface area (Å²) < 4.78 is 37.5. The summed E-state index contributed by atoms with van der Waals surface area (Å²) in [5.41, 5.74) is 2.85. The summed E-state index contributed by atoms with van der Waals surface area (Å²) in [5.74, 6) is 0.717. The predicted octanol–water partition coefficient (Wildman–Crippen LogP) is 3.40. The Hall–Kier alpha value is -2.42. The van der Waals surface area contributed by atoms with E-state index in [1.54, 1.807) is 19.2 Å². The molecule has 162 valence electrons. The summed E-state index contributed by atoms with van der Waals surface area (Å²) in [5, 5.41) is 2.85. The maximum atomic E-state index is 12.8. The van der Waals surface area contributed by atoms with E-state index in [2.05, 4.69) is 5.32 Å². The second kappa shape index (κ2) is 9.16. The van der Waals surface area contributed by atoms with Gasteiger partial charge < -0.3 is 14.8 Å². The molecule has 30 heavy (non-hydrogen) atoms. The Balaban J connectivity index is 1.79. The molecule has 1 aliphatic heterocycles. The number of nitrogens with zero attached hydrogens (tertiary/aromatic N) is 1. The van der Waals surface area contributed by atoms with Crippen LogP contribution in [0, 0.1) is 6.92 Å². The van der Waals surface area contributed by atoms with Gasteiger partial charge in [0.25, 0.3) is 5.91 Å². The minimum Gasteiger partial charge on any atom is -0.496 e. The lowest BCUT2D eigenvalue weighted by molar-refractivity contribution is 0.0730. The van der Waals surface area contributed by atoms with Gasteiger partial charge in [0.15, 0.2) is 0 Å². The number of carbonyl (C=O) groups excluding carboxylic acids is 1. The van der Waals surface area contributed by atoms with Crippen LogP contribution in [0.2, 0.25) is 0 Å². The van der Waals surface area contributed by atoms with E-state index in [1.165, 1.54) is 16.4 Å². The maximum Gasteiger partial charge on any atom is 0.255 e. The SMILES string of the molecule is COc1cc(C)c(C(=O)Nc2ccc(S(=O)(=O)N3CCOCC3)cc2)cc1C(C)C. The summed E-state index contributed by atoms with van der Waals surface area (Å²) in [6.45, 7) is 7.43. The van der Waals surface area contributed by atoms with E-state index in [4.69, 9.17) is 9.47 Å². The number of methoxy groups -OCH3 is 1. The third kappa shape index (κ3) is 4.66. The van der Waals surface area contributed by atoms with Crippen molar-refractivity contribution in [3.63, 3.8) is 0 Å². The van der Waals surface area contributed by atoms with Gasteiger partial charge in [0.1, 0.15) is 5.75 Å². The van der Waals surface area contributed by atoms with Crippen LogP contribution in [0.25, 0.3) is 0 Å². The van der Waals surface area contributed by atoms with Crippen LogP contribution in [0.3, 0.4) is 0 Å². The summed E-state index contributed by atoms with van der Waals surface area (Å²) in [6.07, 6.45) is 0. The summed E-state index contributed by atoms with van der Waals surface area (Å²) in [7, 11) is -1.94. The minimum atomic E-state index is -3.56. The van der Waals surface area contributed by atoms with E-state index in [1.807, 2.05) is 32.9 Å². The predicted molar refractivity (Wildman–Crippen MR) is 116 cm³/mol. The highest BCUT2D eigenvalue weighted by Crippen LogP contribution is 2.30. The molecule has 0 radical (unpaired) electrons. The molecule has 0 aliphatic carbocycles. The molecular formula is C22H28N2O5S. The van der Waals surface area contributed by atoms with Crippen molar-refractivity contribution in [2.45, 2.75) is 31.6 Å². The number of hydrogen-bond acceptors (Lipinski definition) is 5. The zero-order valence-corrected chi connectivity index (χ0v) is 18.6. The van der Waals surface area contributed by atoms with Crippen LogP contribution in [0.4, 0.5) is 5.69 Å². The topological polar surface area (TPSA) is 84.9 Å². The van der Waals surface area contributed by atoms with Crippen molar-refractivity contribution in [3.05, 3.63) is 53.1 Å². The molecular weight excluding hydrogens is 404 g/mol. The first kappa shape index (κ1) is 22.3. The Morgan fingerprint density at radius 3 is 2.33 bits per heavy atom. The molecule has 0 spiro atoms. The Morgan fingerprint density at radius 1 is 1.13 bits per heavy atom. The van der Waals surface area contributed by atoms with E-state index in [0.29, 0.717) is 37.6 Å². The molecule has 0 saturated carbocycles. The molecule has 1 aliphatic rings. The lowest BCUT2D eigenvalue weighted by atomic mass is 9.96. The molecule has 3 rings (SSSR count). The number of benzene rings is 2. The lowest BCUT2D eigenvalue weighted by Crippen LogP contribution is -2.40. The molecule has 7 nitrogen and oxygen atoms in total. The summed E-state index contributed by atoms with van der Waals surface area (Å²) in [4.78, 5) is 13.0. The van der Waals surface area contributed by atoms with Crippen LogP contribution in [0.15, 0.2) is 41.3 Å². The molecule has 0 unspecified atom stereocenters. The van der Waals surface area contributed by atoms with Crippen LogP contribution >= 0.6 is 0 Å². The van der Waals surface area contributed by atoms with Gasteiger partial charge in [-0.3, -0.25) is 4.79 Å². The van der Waals surface area contributed by atoms with Crippen molar-refractivity contribution in [2.24, 2.45) is 0 Å². The highest BCUT2D eigenvalue weighted by atomic mass is 32.2. The van der Waals surface area contributed by atoms with Gasteiger partial charge >= 0.3 is 0 Å². The molecule has 1 amide bonds. The molecule has 1 fully saturated rings. The van der Waals surface area contributed by atoms with Gasteiger partial charge in [-0.05, 0) is 60.4 Å². The van der Waals surface area contributed by atoms with Gasteiger partial charge in [-0.25, -0.2) is 8.42 Å². The number of hydrogen-bond donors (Lipinski definition) is 1. The van der Waals surface area contributed by atoms with Crippen molar-refractivity contribution >= 4 is 21.6 Å². The van der Waals surface area contributed by atoms with Crippen LogP contribution in [0.1, 0.15) is 41.3 Å². The number of morpholine rings is 1. The first-order valence-electron chi connectivity index (χ1n) is 9.92. The monoisotopic (exact) mass is 432 g/mol. The number of aryl methyl sites for hydroxylation is 1. The molecule has 2 aromatic carbocycles. The Kier molecular flexibility index (Phi) is 6.80. The average molecular weight is 433 g/mol. The smallest absolute Gasteiger partial charge is 0.255 e. The van der Waals surface area contributed by atoms with Crippen molar-refractivity contribution in [2.75, 3.05) is 38.7 Å². The van der Waals surface area contributed by atoms with Gasteiger partial charge in [0.05, 0.1) is 25.2 Å². The summed E-state index contributed by atoms with van der Waals surface area (Å²) in [6, 6.07) is 9.95. The van der Waals surface area contributed by atoms with Gasteiger partial charge in [-0.2, -0.15) is 4.31 Å². The fraction of sp³-hybridized carbons (Fsp3) is 0.409. The normalized spacial score (nSPS) is 15.2. The quantitative estimate of drug-likeness (QED) is 0.756. The molecule has 1 saturated heterocycles. The zero-order valence-electron chi connectivity index (χ0n) is 17.8. The second-order valence-electron chi connectivity index (χ2n) is 7.56. The van der Waals surface area contributed by atoms with Crippen LogP contribution in [-0.2, 0) is 14.8 Å². The van der Waals surface area contributed by atoms with Crippen molar-refractivity contribution in [3.8, 4) is 5.75 Å². The van der Waals surface area contributed by atoms with Gasteiger partial charge in [-0.15, -0.1) is 0 Å². The number of nitrogens with one attached hydrogen (secondary N) is 1. The van der Waals surface area contributed by atoms with E-state index in [-0.39, 0.29) is 16.7 Å². The highest BCUT2D eigenvalue weighted by molar-refractivity contribution is 7.89. The molecule has 2 aromatic rings. The molecule has 8 heteroatoms. The number of amides is 1. The van der Waals surface area contributed by atoms with E-state index in [0.717, 1.165) is 16.9 Å². The van der Waals surface area contributed by atoms with E-state index < -0.39 is 10.0 Å². The first-order chi connectivity index (χ1) is 14.2. The van der Waals surface area contributed by atoms with Crippen LogP contribution < -0.4 is 10.1 Å². The fourth-order valence-corrected chi connectivity index (χ4v) is 4.82. The zero-order chi connectivity index (χ0) is 21.9. The number of carbonyl (C=O) groups is 1. The molecule has 0 bridgehead atoms. The van der Waals surface area contributed by atoms with Crippen LogP contribution in [-0.4, -0.2) is 52.0 Å². The largest absolute Gasteiger partial charge is 0.496 e. The third-order valence-electron chi connectivity index (χ3n) is 5.16.